The second-order valence-electron chi connectivity index (χ2n) is 6.87. The highest BCUT2D eigenvalue weighted by Gasteiger charge is 2.18. The fourth-order valence-corrected chi connectivity index (χ4v) is 3.62. The van der Waals surface area contributed by atoms with E-state index in [9.17, 15) is 4.79 Å². The monoisotopic (exact) mass is 394 g/mol. The summed E-state index contributed by atoms with van der Waals surface area (Å²) in [5.74, 6) is 1.52. The third-order valence-electron chi connectivity index (χ3n) is 4.55. The van der Waals surface area contributed by atoms with Gasteiger partial charge in [-0.05, 0) is 67.1 Å². The summed E-state index contributed by atoms with van der Waals surface area (Å²) >= 11 is 1.45. The van der Waals surface area contributed by atoms with Gasteiger partial charge in [-0.3, -0.25) is 4.79 Å². The second kappa shape index (κ2) is 9.56. The van der Waals surface area contributed by atoms with Gasteiger partial charge in [0.05, 0.1) is 23.2 Å². The Morgan fingerprint density at radius 3 is 2.68 bits per heavy atom. The van der Waals surface area contributed by atoms with Gasteiger partial charge in [0.15, 0.2) is 0 Å². The van der Waals surface area contributed by atoms with E-state index in [2.05, 4.69) is 6.92 Å². The van der Waals surface area contributed by atoms with Gasteiger partial charge in [-0.15, -0.1) is 11.3 Å². The van der Waals surface area contributed by atoms with E-state index in [1.165, 1.54) is 16.9 Å². The van der Waals surface area contributed by atoms with Crippen LogP contribution in [0.4, 0.5) is 0 Å². The molecule has 0 N–H and O–H groups in total. The Morgan fingerprint density at radius 1 is 1.11 bits per heavy atom. The second-order valence-corrected chi connectivity index (χ2v) is 7.82. The van der Waals surface area contributed by atoms with Crippen LogP contribution in [0.5, 0.6) is 11.5 Å². The van der Waals surface area contributed by atoms with E-state index in [0.717, 1.165) is 29.0 Å². The van der Waals surface area contributed by atoms with Crippen molar-refractivity contribution in [1.82, 2.24) is 0 Å². The first-order valence-corrected chi connectivity index (χ1v) is 10.5. The van der Waals surface area contributed by atoms with Crippen LogP contribution in [0.1, 0.15) is 46.6 Å². The molecule has 4 heteroatoms. The van der Waals surface area contributed by atoms with Crippen LogP contribution in [0, 0.1) is 6.92 Å². The third-order valence-corrected chi connectivity index (χ3v) is 5.42. The summed E-state index contributed by atoms with van der Waals surface area (Å²) in [4.78, 5) is 13.6. The molecule has 0 fully saturated rings. The summed E-state index contributed by atoms with van der Waals surface area (Å²) in [6.07, 6.45) is 1.55. The van der Waals surface area contributed by atoms with Crippen molar-refractivity contribution in [3.8, 4) is 11.5 Å². The van der Waals surface area contributed by atoms with Crippen molar-refractivity contribution in [3.63, 3.8) is 0 Å². The number of hydrogen-bond acceptors (Lipinski definition) is 4. The number of carbonyl (C=O) groups excluding carboxylic acids is 1. The summed E-state index contributed by atoms with van der Waals surface area (Å²) in [5.41, 5.74) is 2.94. The average Bonchev–Trinajstić information content (AvgIpc) is 3.22. The minimum Gasteiger partial charge on any atom is -0.493 e. The highest BCUT2D eigenvalue weighted by atomic mass is 32.1. The standard InChI is InChI=1S/C24H26O3S/c1-4-19-10-11-22(21(16-19)24(25)23-9-6-14-28-23)27-18(3)12-13-26-20-8-5-7-17(2)15-20/h5-11,14-16,18H,4,12-13H2,1-3H3. The van der Waals surface area contributed by atoms with Crippen LogP contribution in [0.3, 0.4) is 0 Å². The van der Waals surface area contributed by atoms with Crippen molar-refractivity contribution in [1.29, 1.82) is 0 Å². The first-order chi connectivity index (χ1) is 13.6. The first-order valence-electron chi connectivity index (χ1n) is 9.64. The number of hydrogen-bond donors (Lipinski definition) is 0. The number of carbonyl (C=O) groups is 1. The lowest BCUT2D eigenvalue weighted by atomic mass is 10.0. The van der Waals surface area contributed by atoms with E-state index in [1.807, 2.05) is 73.8 Å². The van der Waals surface area contributed by atoms with Gasteiger partial charge in [0, 0.05) is 6.42 Å². The van der Waals surface area contributed by atoms with E-state index >= 15 is 0 Å². The van der Waals surface area contributed by atoms with Crippen LogP contribution in [-0.2, 0) is 6.42 Å². The van der Waals surface area contributed by atoms with E-state index in [-0.39, 0.29) is 11.9 Å². The molecule has 1 aromatic heterocycles. The zero-order valence-corrected chi connectivity index (χ0v) is 17.4. The summed E-state index contributed by atoms with van der Waals surface area (Å²) in [6, 6.07) is 17.7. The maximum absolute atomic E-state index is 12.9. The minimum atomic E-state index is -0.0628. The van der Waals surface area contributed by atoms with Gasteiger partial charge in [-0.25, -0.2) is 0 Å². The summed E-state index contributed by atoms with van der Waals surface area (Å²) in [6.45, 7) is 6.70. The Kier molecular flexibility index (Phi) is 6.88. The number of ketones is 1. The van der Waals surface area contributed by atoms with E-state index in [0.29, 0.717) is 17.9 Å². The van der Waals surface area contributed by atoms with Crippen LogP contribution in [0.2, 0.25) is 0 Å². The van der Waals surface area contributed by atoms with Crippen LogP contribution < -0.4 is 9.47 Å². The molecule has 3 aromatic rings. The Balaban J connectivity index is 1.66. The van der Waals surface area contributed by atoms with E-state index in [4.69, 9.17) is 9.47 Å². The molecule has 0 aliphatic rings. The van der Waals surface area contributed by atoms with Gasteiger partial charge in [0.2, 0.25) is 5.78 Å². The number of ether oxygens (including phenoxy) is 2. The zero-order valence-electron chi connectivity index (χ0n) is 16.6. The predicted molar refractivity (Wildman–Crippen MR) is 115 cm³/mol. The molecule has 0 aliphatic heterocycles. The minimum absolute atomic E-state index is 0.0171. The number of benzene rings is 2. The lowest BCUT2D eigenvalue weighted by Gasteiger charge is -2.18. The molecule has 0 bridgehead atoms. The largest absolute Gasteiger partial charge is 0.493 e. The van der Waals surface area contributed by atoms with Crippen molar-refractivity contribution >= 4 is 17.1 Å². The number of thiophene rings is 1. The maximum atomic E-state index is 12.9. The lowest BCUT2D eigenvalue weighted by molar-refractivity contribution is 0.103. The molecule has 0 saturated heterocycles. The van der Waals surface area contributed by atoms with Gasteiger partial charge in [-0.2, -0.15) is 0 Å². The van der Waals surface area contributed by atoms with Crippen LogP contribution >= 0.6 is 11.3 Å². The average molecular weight is 395 g/mol. The molecular formula is C24H26O3S. The molecule has 1 atom stereocenters. The molecule has 2 aromatic carbocycles. The maximum Gasteiger partial charge on any atom is 0.206 e. The summed E-state index contributed by atoms with van der Waals surface area (Å²) in [5, 5.41) is 1.92. The van der Waals surface area contributed by atoms with E-state index in [1.54, 1.807) is 0 Å². The van der Waals surface area contributed by atoms with Crippen molar-refractivity contribution < 1.29 is 14.3 Å². The Labute approximate surface area is 170 Å². The zero-order chi connectivity index (χ0) is 19.9. The van der Waals surface area contributed by atoms with Crippen molar-refractivity contribution in [2.24, 2.45) is 0 Å². The summed E-state index contributed by atoms with van der Waals surface area (Å²) < 4.78 is 12.0. The molecule has 1 heterocycles. The van der Waals surface area contributed by atoms with Gasteiger partial charge in [0.25, 0.3) is 0 Å². The van der Waals surface area contributed by atoms with Gasteiger partial charge < -0.3 is 9.47 Å². The molecule has 28 heavy (non-hydrogen) atoms. The van der Waals surface area contributed by atoms with Gasteiger partial charge >= 0.3 is 0 Å². The Hall–Kier alpha value is -2.59. The van der Waals surface area contributed by atoms with Crippen LogP contribution in [0.25, 0.3) is 0 Å². The van der Waals surface area contributed by atoms with Crippen molar-refractivity contribution in [2.45, 2.75) is 39.7 Å². The molecule has 3 nitrogen and oxygen atoms in total. The van der Waals surface area contributed by atoms with Gasteiger partial charge in [-0.1, -0.05) is 31.2 Å². The Bertz CT molecular complexity index is 915. The fraction of sp³-hybridized carbons (Fsp3) is 0.292. The van der Waals surface area contributed by atoms with Crippen LogP contribution in [0.15, 0.2) is 60.0 Å². The quantitative estimate of drug-likeness (QED) is 0.412. The lowest BCUT2D eigenvalue weighted by Crippen LogP contribution is -2.17. The van der Waals surface area contributed by atoms with Crippen LogP contribution in [-0.4, -0.2) is 18.5 Å². The molecule has 0 radical (unpaired) electrons. The van der Waals surface area contributed by atoms with E-state index < -0.39 is 0 Å². The molecule has 0 saturated carbocycles. The molecule has 3 rings (SSSR count). The first kappa shape index (κ1) is 20.2. The third kappa shape index (κ3) is 5.23. The highest BCUT2D eigenvalue weighted by Crippen LogP contribution is 2.27. The Morgan fingerprint density at radius 2 is 1.96 bits per heavy atom. The number of rotatable bonds is 9. The molecule has 0 spiro atoms. The molecule has 0 amide bonds. The van der Waals surface area contributed by atoms with Gasteiger partial charge in [0.1, 0.15) is 11.5 Å². The summed E-state index contributed by atoms with van der Waals surface area (Å²) in [7, 11) is 0. The SMILES string of the molecule is CCc1ccc(OC(C)CCOc2cccc(C)c2)c(C(=O)c2cccs2)c1. The molecule has 146 valence electrons. The number of aryl methyl sites for hydroxylation is 2. The topological polar surface area (TPSA) is 35.5 Å². The molecule has 0 aliphatic carbocycles. The fourth-order valence-electron chi connectivity index (χ4n) is 2.94. The highest BCUT2D eigenvalue weighted by molar-refractivity contribution is 7.12. The predicted octanol–water partition coefficient (Wildman–Crippen LogP) is 6.09. The smallest absolute Gasteiger partial charge is 0.206 e. The molecule has 1 unspecified atom stereocenters. The van der Waals surface area contributed by atoms with Crippen molar-refractivity contribution in [3.05, 3.63) is 81.5 Å². The van der Waals surface area contributed by atoms with Crippen molar-refractivity contribution in [2.75, 3.05) is 6.61 Å². The molecular weight excluding hydrogens is 368 g/mol. The normalized spacial score (nSPS) is 11.8.